The Morgan fingerprint density at radius 2 is 1.87 bits per heavy atom. The molecule has 0 bridgehead atoms. The van der Waals surface area contributed by atoms with Gasteiger partial charge in [-0.15, -0.1) is 0 Å². The number of carboxylic acids is 1. The molecule has 0 radical (unpaired) electrons. The number of carboxylic acid groups (broad SMARTS) is 1. The molecule has 162 valence electrons. The van der Waals surface area contributed by atoms with Gasteiger partial charge in [-0.25, -0.2) is 13.2 Å². The van der Waals surface area contributed by atoms with Crippen LogP contribution in [0.2, 0.25) is 0 Å². The van der Waals surface area contributed by atoms with Crippen LogP contribution in [0, 0.1) is 17.0 Å². The molecule has 0 aromatic heterocycles. The number of aryl methyl sites for hydroxylation is 1. The van der Waals surface area contributed by atoms with E-state index in [2.05, 4.69) is 4.72 Å². The number of nitro benzene ring substituents is 1. The van der Waals surface area contributed by atoms with Crippen LogP contribution in [-0.4, -0.2) is 51.9 Å². The Balaban J connectivity index is 2.51. The van der Waals surface area contributed by atoms with Crippen LogP contribution in [0.25, 0.3) is 0 Å². The van der Waals surface area contributed by atoms with Gasteiger partial charge in [0.25, 0.3) is 15.7 Å². The Morgan fingerprint density at radius 3 is 2.43 bits per heavy atom. The number of hydrogen-bond acceptors (Lipinski definition) is 8. The second kappa shape index (κ2) is 9.41. The van der Waals surface area contributed by atoms with Crippen molar-refractivity contribution >= 4 is 27.4 Å². The van der Waals surface area contributed by atoms with Crippen LogP contribution in [0.1, 0.15) is 15.9 Å². The van der Waals surface area contributed by atoms with Crippen LogP contribution in [0.5, 0.6) is 11.5 Å². The van der Waals surface area contributed by atoms with Crippen molar-refractivity contribution in [2.45, 2.75) is 11.8 Å². The summed E-state index contributed by atoms with van der Waals surface area (Å²) < 4.78 is 43.1. The first-order chi connectivity index (χ1) is 14.1. The predicted molar refractivity (Wildman–Crippen MR) is 106 cm³/mol. The molecule has 2 aromatic rings. The lowest BCUT2D eigenvalue weighted by atomic mass is 10.1. The summed E-state index contributed by atoms with van der Waals surface area (Å²) in [7, 11) is -1.57. The fourth-order valence-corrected chi connectivity index (χ4v) is 3.58. The number of ether oxygens (including phenoxy) is 3. The van der Waals surface area contributed by atoms with Gasteiger partial charge < -0.3 is 19.3 Å². The number of aromatic carboxylic acids is 1. The van der Waals surface area contributed by atoms with Crippen molar-refractivity contribution in [1.29, 1.82) is 0 Å². The van der Waals surface area contributed by atoms with E-state index in [9.17, 15) is 28.4 Å². The lowest BCUT2D eigenvalue weighted by molar-refractivity contribution is -0.385. The molecule has 0 saturated heterocycles. The second-order valence-electron chi connectivity index (χ2n) is 6.01. The Labute approximate surface area is 172 Å². The van der Waals surface area contributed by atoms with Crippen molar-refractivity contribution < 1.29 is 37.5 Å². The second-order valence-corrected chi connectivity index (χ2v) is 7.69. The van der Waals surface area contributed by atoms with E-state index in [0.29, 0.717) is 0 Å². The van der Waals surface area contributed by atoms with Crippen molar-refractivity contribution in [3.8, 4) is 11.5 Å². The Morgan fingerprint density at radius 1 is 1.17 bits per heavy atom. The maximum Gasteiger partial charge on any atom is 0.337 e. The molecule has 2 N–H and O–H groups in total. The molecule has 0 aliphatic carbocycles. The molecule has 2 rings (SSSR count). The molecule has 11 nitrogen and oxygen atoms in total. The zero-order chi connectivity index (χ0) is 22.5. The third-order valence-electron chi connectivity index (χ3n) is 4.01. The lowest BCUT2D eigenvalue weighted by Crippen LogP contribution is -2.16. The van der Waals surface area contributed by atoms with Crippen molar-refractivity contribution in [1.82, 2.24) is 0 Å². The molecule has 0 amide bonds. The minimum atomic E-state index is -4.34. The van der Waals surface area contributed by atoms with Crippen molar-refractivity contribution in [2.24, 2.45) is 0 Å². The molecule has 30 heavy (non-hydrogen) atoms. The summed E-state index contributed by atoms with van der Waals surface area (Å²) in [5.74, 6) is -1.24. The number of anilines is 1. The van der Waals surface area contributed by atoms with E-state index < -0.39 is 31.4 Å². The van der Waals surface area contributed by atoms with Crippen molar-refractivity contribution in [3.63, 3.8) is 0 Å². The van der Waals surface area contributed by atoms with Crippen LogP contribution >= 0.6 is 0 Å². The van der Waals surface area contributed by atoms with Gasteiger partial charge in [0, 0.05) is 30.9 Å². The van der Waals surface area contributed by atoms with Crippen LogP contribution < -0.4 is 14.2 Å². The normalized spacial score (nSPS) is 11.0. The molecular weight excluding hydrogens is 420 g/mol. The summed E-state index contributed by atoms with van der Waals surface area (Å²) in [6, 6.07) is 5.65. The quantitative estimate of drug-likeness (QED) is 0.322. The summed E-state index contributed by atoms with van der Waals surface area (Å²) in [5, 5.41) is 20.6. The van der Waals surface area contributed by atoms with Gasteiger partial charge in [-0.1, -0.05) is 6.07 Å². The topological polar surface area (TPSA) is 154 Å². The van der Waals surface area contributed by atoms with Gasteiger partial charge in [-0.2, -0.15) is 0 Å². The Bertz CT molecular complexity index is 1070. The molecular formula is C18H20N2O9S. The first-order valence-electron chi connectivity index (χ1n) is 8.45. The van der Waals surface area contributed by atoms with Gasteiger partial charge in [-0.3, -0.25) is 14.8 Å². The molecule has 0 atom stereocenters. The van der Waals surface area contributed by atoms with Crippen molar-refractivity contribution in [2.75, 3.05) is 32.2 Å². The molecule has 0 aliphatic rings. The molecule has 2 aromatic carbocycles. The van der Waals surface area contributed by atoms with E-state index >= 15 is 0 Å². The van der Waals surface area contributed by atoms with E-state index in [1.807, 2.05) is 0 Å². The van der Waals surface area contributed by atoms with Crippen molar-refractivity contribution in [3.05, 3.63) is 51.6 Å². The van der Waals surface area contributed by atoms with E-state index in [0.717, 1.165) is 18.2 Å². The highest BCUT2D eigenvalue weighted by Gasteiger charge is 2.24. The minimum absolute atomic E-state index is 0.0809. The number of carbonyl (C=O) groups is 1. The van der Waals surface area contributed by atoms with E-state index in [1.165, 1.54) is 33.3 Å². The van der Waals surface area contributed by atoms with Gasteiger partial charge in [0.2, 0.25) is 0 Å². The molecule has 0 spiro atoms. The number of nitrogens with zero attached hydrogens (tertiary/aromatic N) is 1. The minimum Gasteiger partial charge on any atom is -0.493 e. The van der Waals surface area contributed by atoms with Crippen LogP contribution in [0.3, 0.4) is 0 Å². The van der Waals surface area contributed by atoms with Crippen LogP contribution in [-0.2, 0) is 14.8 Å². The van der Waals surface area contributed by atoms with Crippen LogP contribution in [0.15, 0.2) is 35.2 Å². The maximum absolute atomic E-state index is 12.8. The lowest BCUT2D eigenvalue weighted by Gasteiger charge is -2.16. The number of methoxy groups -OCH3 is 2. The zero-order valence-corrected chi connectivity index (χ0v) is 17.2. The third kappa shape index (κ3) is 5.15. The largest absolute Gasteiger partial charge is 0.493 e. The fraction of sp³-hybridized carbons (Fsp3) is 0.278. The summed E-state index contributed by atoms with van der Waals surface area (Å²) in [4.78, 5) is 21.6. The van der Waals surface area contributed by atoms with Gasteiger partial charge in [0.1, 0.15) is 6.61 Å². The number of nitrogens with one attached hydrogen (secondary N) is 1. The molecule has 0 fully saturated rings. The molecule has 0 heterocycles. The first kappa shape index (κ1) is 22.9. The number of sulfonamides is 1. The zero-order valence-electron chi connectivity index (χ0n) is 16.4. The predicted octanol–water partition coefficient (Wildman–Crippen LogP) is 2.44. The molecule has 0 unspecified atom stereocenters. The SMILES string of the molecule is COCCOc1cc(NS(=O)(=O)c2ccc(C)c([N+](=O)[O-])c2)c(C(=O)O)cc1OC. The molecule has 0 aliphatic heterocycles. The number of rotatable bonds is 10. The highest BCUT2D eigenvalue weighted by Crippen LogP contribution is 2.35. The monoisotopic (exact) mass is 440 g/mol. The first-order valence-corrected chi connectivity index (χ1v) is 9.94. The average Bonchev–Trinajstić information content (AvgIpc) is 2.67. The van der Waals surface area contributed by atoms with Gasteiger partial charge in [-0.05, 0) is 13.0 Å². The summed E-state index contributed by atoms with van der Waals surface area (Å²) >= 11 is 0. The van der Waals surface area contributed by atoms with Gasteiger partial charge in [0.05, 0.1) is 34.8 Å². The summed E-state index contributed by atoms with van der Waals surface area (Å²) in [6.07, 6.45) is 0. The van der Waals surface area contributed by atoms with E-state index in [4.69, 9.17) is 14.2 Å². The Kier molecular flexibility index (Phi) is 7.19. The van der Waals surface area contributed by atoms with Gasteiger partial charge in [0.15, 0.2) is 11.5 Å². The highest BCUT2D eigenvalue weighted by atomic mass is 32.2. The standard InChI is InChI=1S/C18H20N2O9S/c1-11-4-5-12(8-15(11)20(23)24)30(25,26)19-14-10-17(29-7-6-27-2)16(28-3)9-13(14)18(21)22/h4-5,8-10,19H,6-7H2,1-3H3,(H,21,22). The number of nitro groups is 1. The highest BCUT2D eigenvalue weighted by molar-refractivity contribution is 7.92. The smallest absolute Gasteiger partial charge is 0.337 e. The van der Waals surface area contributed by atoms with Gasteiger partial charge >= 0.3 is 5.97 Å². The maximum atomic E-state index is 12.8. The average molecular weight is 440 g/mol. The molecule has 12 heteroatoms. The fourth-order valence-electron chi connectivity index (χ4n) is 2.49. The third-order valence-corrected chi connectivity index (χ3v) is 5.37. The number of hydrogen-bond donors (Lipinski definition) is 2. The van der Waals surface area contributed by atoms with E-state index in [1.54, 1.807) is 0 Å². The summed E-state index contributed by atoms with van der Waals surface area (Å²) in [6.45, 7) is 1.81. The Hall–Kier alpha value is -3.38. The van der Waals surface area contributed by atoms with E-state index in [-0.39, 0.29) is 41.7 Å². The molecule has 0 saturated carbocycles. The summed E-state index contributed by atoms with van der Waals surface area (Å²) in [5.41, 5.74) is -0.784. The van der Waals surface area contributed by atoms with Crippen LogP contribution in [0.4, 0.5) is 11.4 Å². The number of benzene rings is 2.